The number of carbonyl (C=O) groups is 1. The number of fused-ring (bicyclic) bond motifs is 1. The lowest BCUT2D eigenvalue weighted by Gasteiger charge is -2.27. The molecule has 0 aliphatic carbocycles. The summed E-state index contributed by atoms with van der Waals surface area (Å²) in [6.07, 6.45) is 3.50. The van der Waals surface area contributed by atoms with Crippen LogP contribution in [0, 0.1) is 5.92 Å². The van der Waals surface area contributed by atoms with E-state index in [-0.39, 0.29) is 5.91 Å². The van der Waals surface area contributed by atoms with Crippen LogP contribution in [0.4, 0.5) is 0 Å². The lowest BCUT2D eigenvalue weighted by Crippen LogP contribution is -2.42. The molecule has 1 aromatic rings. The van der Waals surface area contributed by atoms with E-state index < -0.39 is 0 Å². The zero-order chi connectivity index (χ0) is 12.7. The standard InChI is InChI=1S/C14H20N2O2/c1-3-13-11(4-5-18-13)14(17)16-9(2)6-10-7-15-8-12(10)16/h4-5,9-10,12,15H,3,6-8H2,1-2H3. The highest BCUT2D eigenvalue weighted by Gasteiger charge is 2.44. The van der Waals surface area contributed by atoms with Crippen LogP contribution < -0.4 is 5.32 Å². The number of hydrogen-bond donors (Lipinski definition) is 1. The number of hydrogen-bond acceptors (Lipinski definition) is 3. The summed E-state index contributed by atoms with van der Waals surface area (Å²) in [6.45, 7) is 6.15. The third-order valence-electron chi connectivity index (χ3n) is 4.31. The summed E-state index contributed by atoms with van der Waals surface area (Å²) in [5, 5.41) is 3.39. The van der Waals surface area contributed by atoms with Gasteiger partial charge in [-0.3, -0.25) is 4.79 Å². The van der Waals surface area contributed by atoms with Crippen LogP contribution >= 0.6 is 0 Å². The van der Waals surface area contributed by atoms with Gasteiger partial charge in [-0.1, -0.05) is 6.92 Å². The molecule has 2 fully saturated rings. The van der Waals surface area contributed by atoms with Crippen molar-refractivity contribution >= 4 is 5.91 Å². The number of amides is 1. The first kappa shape index (κ1) is 11.8. The highest BCUT2D eigenvalue weighted by Crippen LogP contribution is 2.33. The molecule has 4 nitrogen and oxygen atoms in total. The van der Waals surface area contributed by atoms with Crippen LogP contribution in [0.25, 0.3) is 0 Å². The Balaban J connectivity index is 1.88. The van der Waals surface area contributed by atoms with Gasteiger partial charge in [0.1, 0.15) is 5.76 Å². The molecule has 1 aromatic heterocycles. The van der Waals surface area contributed by atoms with Gasteiger partial charge in [0, 0.05) is 31.6 Å². The molecular formula is C14H20N2O2. The van der Waals surface area contributed by atoms with Crippen molar-refractivity contribution in [3.63, 3.8) is 0 Å². The fraction of sp³-hybridized carbons (Fsp3) is 0.643. The van der Waals surface area contributed by atoms with Crippen LogP contribution in [0.1, 0.15) is 36.4 Å². The van der Waals surface area contributed by atoms with Gasteiger partial charge in [0.05, 0.1) is 11.8 Å². The first-order valence-electron chi connectivity index (χ1n) is 6.82. The van der Waals surface area contributed by atoms with E-state index in [2.05, 4.69) is 17.1 Å². The van der Waals surface area contributed by atoms with Crippen LogP contribution in [-0.2, 0) is 6.42 Å². The van der Waals surface area contributed by atoms with E-state index in [1.54, 1.807) is 6.26 Å². The average Bonchev–Trinajstić information content (AvgIpc) is 3.01. The molecule has 98 valence electrons. The number of nitrogens with one attached hydrogen (secondary N) is 1. The van der Waals surface area contributed by atoms with Gasteiger partial charge in [-0.2, -0.15) is 0 Å². The smallest absolute Gasteiger partial charge is 0.257 e. The second-order valence-corrected chi connectivity index (χ2v) is 5.39. The molecule has 0 radical (unpaired) electrons. The average molecular weight is 248 g/mol. The van der Waals surface area contributed by atoms with Crippen molar-refractivity contribution in [2.75, 3.05) is 13.1 Å². The second-order valence-electron chi connectivity index (χ2n) is 5.39. The fourth-order valence-electron chi connectivity index (χ4n) is 3.46. The minimum absolute atomic E-state index is 0.143. The van der Waals surface area contributed by atoms with Crippen molar-refractivity contribution in [2.24, 2.45) is 5.92 Å². The Morgan fingerprint density at radius 1 is 1.56 bits per heavy atom. The van der Waals surface area contributed by atoms with Crippen molar-refractivity contribution in [2.45, 2.75) is 38.8 Å². The van der Waals surface area contributed by atoms with Gasteiger partial charge in [0.25, 0.3) is 5.91 Å². The van der Waals surface area contributed by atoms with E-state index in [9.17, 15) is 4.79 Å². The maximum absolute atomic E-state index is 12.7. The van der Waals surface area contributed by atoms with Crippen molar-refractivity contribution < 1.29 is 9.21 Å². The van der Waals surface area contributed by atoms with E-state index in [0.29, 0.717) is 18.0 Å². The fourth-order valence-corrected chi connectivity index (χ4v) is 3.46. The minimum atomic E-state index is 0.143. The number of carbonyl (C=O) groups excluding carboxylic acids is 1. The summed E-state index contributed by atoms with van der Waals surface area (Å²) in [4.78, 5) is 14.7. The van der Waals surface area contributed by atoms with Gasteiger partial charge in [0.2, 0.25) is 0 Å². The normalized spacial score (nSPS) is 30.8. The molecule has 0 bridgehead atoms. The SMILES string of the molecule is CCc1occc1C(=O)N1C(C)CC2CNCC21. The zero-order valence-corrected chi connectivity index (χ0v) is 11.0. The second kappa shape index (κ2) is 4.43. The van der Waals surface area contributed by atoms with Gasteiger partial charge in [0.15, 0.2) is 0 Å². The van der Waals surface area contributed by atoms with Crippen molar-refractivity contribution in [1.29, 1.82) is 0 Å². The Kier molecular flexibility index (Phi) is 2.90. The van der Waals surface area contributed by atoms with Gasteiger partial charge >= 0.3 is 0 Å². The Bertz CT molecular complexity index is 454. The summed E-state index contributed by atoms with van der Waals surface area (Å²) < 4.78 is 5.38. The molecule has 1 amide bonds. The summed E-state index contributed by atoms with van der Waals surface area (Å²) in [5.41, 5.74) is 0.747. The molecule has 3 heterocycles. The first-order valence-corrected chi connectivity index (χ1v) is 6.82. The highest BCUT2D eigenvalue weighted by atomic mass is 16.3. The quantitative estimate of drug-likeness (QED) is 0.866. The Morgan fingerprint density at radius 3 is 3.17 bits per heavy atom. The molecule has 4 heteroatoms. The monoisotopic (exact) mass is 248 g/mol. The van der Waals surface area contributed by atoms with E-state index in [1.165, 1.54) is 0 Å². The van der Waals surface area contributed by atoms with Gasteiger partial charge in [-0.15, -0.1) is 0 Å². The van der Waals surface area contributed by atoms with Crippen LogP contribution in [-0.4, -0.2) is 36.0 Å². The largest absolute Gasteiger partial charge is 0.469 e. The highest BCUT2D eigenvalue weighted by molar-refractivity contribution is 5.95. The van der Waals surface area contributed by atoms with E-state index in [0.717, 1.165) is 37.3 Å². The maximum atomic E-state index is 12.7. The summed E-state index contributed by atoms with van der Waals surface area (Å²) in [5.74, 6) is 1.58. The summed E-state index contributed by atoms with van der Waals surface area (Å²) in [6, 6.07) is 2.52. The van der Waals surface area contributed by atoms with E-state index >= 15 is 0 Å². The summed E-state index contributed by atoms with van der Waals surface area (Å²) >= 11 is 0. The Morgan fingerprint density at radius 2 is 2.39 bits per heavy atom. The van der Waals surface area contributed by atoms with E-state index in [1.807, 2.05) is 13.0 Å². The van der Waals surface area contributed by atoms with Gasteiger partial charge in [-0.05, 0) is 25.3 Å². The van der Waals surface area contributed by atoms with Gasteiger partial charge in [-0.25, -0.2) is 0 Å². The number of rotatable bonds is 2. The molecule has 1 N–H and O–H groups in total. The first-order chi connectivity index (χ1) is 8.72. The number of aryl methyl sites for hydroxylation is 1. The van der Waals surface area contributed by atoms with Crippen LogP contribution in [0.3, 0.4) is 0 Å². The van der Waals surface area contributed by atoms with Crippen LogP contribution in [0.15, 0.2) is 16.7 Å². The molecule has 2 saturated heterocycles. The predicted molar refractivity (Wildman–Crippen MR) is 68.5 cm³/mol. The molecule has 18 heavy (non-hydrogen) atoms. The van der Waals surface area contributed by atoms with Crippen molar-refractivity contribution in [3.05, 3.63) is 23.7 Å². The maximum Gasteiger partial charge on any atom is 0.257 e. The number of nitrogens with zero attached hydrogens (tertiary/aromatic N) is 1. The van der Waals surface area contributed by atoms with Crippen molar-refractivity contribution in [1.82, 2.24) is 10.2 Å². The Labute approximate surface area is 107 Å². The number of likely N-dealkylation sites (tertiary alicyclic amines) is 1. The number of furan rings is 1. The molecule has 2 aliphatic heterocycles. The molecule has 0 aromatic carbocycles. The third-order valence-corrected chi connectivity index (χ3v) is 4.31. The lowest BCUT2D eigenvalue weighted by atomic mass is 10.0. The molecule has 3 rings (SSSR count). The molecule has 3 unspecified atom stereocenters. The topological polar surface area (TPSA) is 45.5 Å². The van der Waals surface area contributed by atoms with Crippen molar-refractivity contribution in [3.8, 4) is 0 Å². The summed E-state index contributed by atoms with van der Waals surface area (Å²) in [7, 11) is 0. The third kappa shape index (κ3) is 1.67. The lowest BCUT2D eigenvalue weighted by molar-refractivity contribution is 0.0680. The van der Waals surface area contributed by atoms with Gasteiger partial charge < -0.3 is 14.6 Å². The van der Waals surface area contributed by atoms with E-state index in [4.69, 9.17) is 4.42 Å². The molecule has 2 aliphatic rings. The molecule has 0 saturated carbocycles. The molecular weight excluding hydrogens is 228 g/mol. The molecule has 3 atom stereocenters. The minimum Gasteiger partial charge on any atom is -0.469 e. The van der Waals surface area contributed by atoms with Crippen LogP contribution in [0.5, 0.6) is 0 Å². The van der Waals surface area contributed by atoms with Crippen LogP contribution in [0.2, 0.25) is 0 Å². The zero-order valence-electron chi connectivity index (χ0n) is 11.0. The Hall–Kier alpha value is -1.29. The predicted octanol–water partition coefficient (Wildman–Crippen LogP) is 1.66. The molecule has 0 spiro atoms.